The molecule has 14 heavy (non-hydrogen) atoms. The van der Waals surface area contributed by atoms with Gasteiger partial charge in [-0.3, -0.25) is 0 Å². The standard InChI is InChI=1S/C6H5F7O/c7-4(5(8,9)10,6(11,12)13)1-3-2-14-3/h3H,1-2H2. The molecule has 0 amide bonds. The monoisotopic (exact) mass is 226 g/mol. The molecule has 0 saturated carbocycles. The highest BCUT2D eigenvalue weighted by molar-refractivity contribution is 4.98. The van der Waals surface area contributed by atoms with Crippen molar-refractivity contribution in [1.29, 1.82) is 0 Å². The zero-order valence-electron chi connectivity index (χ0n) is 6.55. The molecule has 0 aromatic heterocycles. The molecule has 1 atom stereocenters. The normalized spacial score (nSPS) is 23.8. The van der Waals surface area contributed by atoms with Crippen molar-refractivity contribution in [3.05, 3.63) is 0 Å². The summed E-state index contributed by atoms with van der Waals surface area (Å²) in [6.07, 6.45) is -14.9. The Morgan fingerprint density at radius 2 is 1.29 bits per heavy atom. The lowest BCUT2D eigenvalue weighted by atomic mass is 9.98. The Hall–Kier alpha value is -0.530. The largest absolute Gasteiger partial charge is 0.431 e. The highest BCUT2D eigenvalue weighted by Crippen LogP contribution is 2.50. The first-order chi connectivity index (χ1) is 6.08. The molecule has 84 valence electrons. The number of ether oxygens (including phenoxy) is 1. The molecule has 0 bridgehead atoms. The van der Waals surface area contributed by atoms with E-state index in [0.717, 1.165) is 0 Å². The lowest BCUT2D eigenvalue weighted by Crippen LogP contribution is -2.54. The Bertz CT molecular complexity index is 199. The zero-order chi connectivity index (χ0) is 11.2. The molecule has 1 fully saturated rings. The van der Waals surface area contributed by atoms with Crippen molar-refractivity contribution in [2.24, 2.45) is 0 Å². The zero-order valence-corrected chi connectivity index (χ0v) is 6.55. The summed E-state index contributed by atoms with van der Waals surface area (Å²) in [6, 6.07) is 0. The van der Waals surface area contributed by atoms with Crippen LogP contribution < -0.4 is 0 Å². The van der Waals surface area contributed by atoms with E-state index in [0.29, 0.717) is 0 Å². The fourth-order valence-corrected chi connectivity index (χ4v) is 0.892. The lowest BCUT2D eigenvalue weighted by molar-refractivity contribution is -0.344. The van der Waals surface area contributed by atoms with Crippen LogP contribution in [0.15, 0.2) is 0 Å². The van der Waals surface area contributed by atoms with Crippen LogP contribution in [0.2, 0.25) is 0 Å². The van der Waals surface area contributed by atoms with Crippen molar-refractivity contribution < 1.29 is 35.5 Å². The molecular formula is C6H5F7O. The van der Waals surface area contributed by atoms with Gasteiger partial charge in [0.2, 0.25) is 0 Å². The van der Waals surface area contributed by atoms with E-state index >= 15 is 0 Å². The van der Waals surface area contributed by atoms with Crippen LogP contribution in [0.1, 0.15) is 6.42 Å². The summed E-state index contributed by atoms with van der Waals surface area (Å²) in [5, 5.41) is 0. The van der Waals surface area contributed by atoms with Crippen LogP contribution in [0.25, 0.3) is 0 Å². The van der Waals surface area contributed by atoms with Gasteiger partial charge in [-0.05, 0) is 0 Å². The maximum absolute atomic E-state index is 12.8. The van der Waals surface area contributed by atoms with Crippen LogP contribution in [0, 0.1) is 0 Å². The van der Waals surface area contributed by atoms with Gasteiger partial charge >= 0.3 is 18.0 Å². The number of halogens is 7. The smallest absolute Gasteiger partial charge is 0.373 e. The van der Waals surface area contributed by atoms with Crippen molar-refractivity contribution in [3.8, 4) is 0 Å². The number of epoxide rings is 1. The molecule has 8 heteroatoms. The number of rotatable bonds is 2. The minimum Gasteiger partial charge on any atom is -0.373 e. The van der Waals surface area contributed by atoms with Gasteiger partial charge in [-0.15, -0.1) is 0 Å². The van der Waals surface area contributed by atoms with Crippen LogP contribution in [0.4, 0.5) is 30.7 Å². The fourth-order valence-electron chi connectivity index (χ4n) is 0.892. The van der Waals surface area contributed by atoms with Gasteiger partial charge < -0.3 is 4.74 Å². The van der Waals surface area contributed by atoms with Crippen LogP contribution in [-0.4, -0.2) is 30.7 Å². The van der Waals surface area contributed by atoms with Crippen molar-refractivity contribution in [3.63, 3.8) is 0 Å². The molecule has 1 saturated heterocycles. The summed E-state index contributed by atoms with van der Waals surface area (Å²) in [5.74, 6) is 0. The Balaban J connectivity index is 2.88. The Morgan fingerprint density at radius 1 is 0.929 bits per heavy atom. The van der Waals surface area contributed by atoms with E-state index in [1.807, 2.05) is 0 Å². The number of hydrogen-bond donors (Lipinski definition) is 0. The quantitative estimate of drug-likeness (QED) is 0.520. The summed E-state index contributed by atoms with van der Waals surface area (Å²) in [7, 11) is 0. The van der Waals surface area contributed by atoms with E-state index < -0.39 is 30.5 Å². The third-order valence-electron chi connectivity index (χ3n) is 1.81. The first-order valence-corrected chi connectivity index (χ1v) is 3.52. The fraction of sp³-hybridized carbons (Fsp3) is 1.00. The van der Waals surface area contributed by atoms with E-state index in [4.69, 9.17) is 0 Å². The van der Waals surface area contributed by atoms with Gasteiger partial charge in [0.1, 0.15) is 0 Å². The first kappa shape index (κ1) is 11.5. The molecule has 0 N–H and O–H groups in total. The van der Waals surface area contributed by atoms with E-state index in [1.54, 1.807) is 0 Å². The predicted molar refractivity (Wildman–Crippen MR) is 30.3 cm³/mol. The minimum atomic E-state index is -5.96. The van der Waals surface area contributed by atoms with Crippen LogP contribution >= 0.6 is 0 Å². The van der Waals surface area contributed by atoms with Gasteiger partial charge in [0.05, 0.1) is 12.7 Å². The number of hydrogen-bond acceptors (Lipinski definition) is 1. The summed E-state index contributed by atoms with van der Waals surface area (Å²) >= 11 is 0. The highest BCUT2D eigenvalue weighted by Gasteiger charge is 2.73. The van der Waals surface area contributed by atoms with Gasteiger partial charge in [0.25, 0.3) is 0 Å². The second-order valence-corrected chi connectivity index (χ2v) is 2.96. The van der Waals surface area contributed by atoms with Crippen molar-refractivity contribution in [2.45, 2.75) is 30.5 Å². The molecule has 0 radical (unpaired) electrons. The maximum Gasteiger partial charge on any atom is 0.431 e. The van der Waals surface area contributed by atoms with E-state index in [9.17, 15) is 30.7 Å². The molecule has 0 aromatic rings. The third-order valence-corrected chi connectivity index (χ3v) is 1.81. The molecule has 1 rings (SSSR count). The third kappa shape index (κ3) is 1.94. The predicted octanol–water partition coefficient (Wildman–Crippen LogP) is 2.61. The van der Waals surface area contributed by atoms with E-state index in [-0.39, 0.29) is 6.61 Å². The maximum atomic E-state index is 12.8. The topological polar surface area (TPSA) is 12.5 Å². The molecule has 1 aliphatic heterocycles. The van der Waals surface area contributed by atoms with Crippen LogP contribution in [0.5, 0.6) is 0 Å². The summed E-state index contributed by atoms with van der Waals surface area (Å²) < 4.78 is 87.9. The van der Waals surface area contributed by atoms with E-state index in [1.165, 1.54) is 0 Å². The van der Waals surface area contributed by atoms with Gasteiger partial charge in [0.15, 0.2) is 0 Å². The SMILES string of the molecule is FC(F)(F)C(F)(CC1CO1)C(F)(F)F. The van der Waals surface area contributed by atoms with Gasteiger partial charge in [-0.1, -0.05) is 0 Å². The van der Waals surface area contributed by atoms with Crippen molar-refractivity contribution in [1.82, 2.24) is 0 Å². The molecule has 0 aliphatic carbocycles. The average Bonchev–Trinajstić information content (AvgIpc) is 2.65. The van der Waals surface area contributed by atoms with Crippen LogP contribution in [0.3, 0.4) is 0 Å². The summed E-state index contributed by atoms with van der Waals surface area (Å²) in [4.78, 5) is 0. The molecule has 0 aromatic carbocycles. The lowest BCUT2D eigenvalue weighted by Gasteiger charge is -2.29. The average molecular weight is 226 g/mol. The minimum absolute atomic E-state index is 0.266. The second kappa shape index (κ2) is 2.98. The van der Waals surface area contributed by atoms with Gasteiger partial charge in [-0.2, -0.15) is 26.3 Å². The second-order valence-electron chi connectivity index (χ2n) is 2.96. The van der Waals surface area contributed by atoms with Gasteiger partial charge in [-0.25, -0.2) is 4.39 Å². The highest BCUT2D eigenvalue weighted by atomic mass is 19.4. The van der Waals surface area contributed by atoms with Crippen LogP contribution in [-0.2, 0) is 4.74 Å². The van der Waals surface area contributed by atoms with Crippen molar-refractivity contribution in [2.75, 3.05) is 6.61 Å². The summed E-state index contributed by atoms with van der Waals surface area (Å²) in [5.41, 5.74) is -5.17. The Labute approximate surface area is 73.8 Å². The molecule has 0 spiro atoms. The molecule has 1 nitrogen and oxygen atoms in total. The molecule has 1 aliphatic rings. The first-order valence-electron chi connectivity index (χ1n) is 3.52. The van der Waals surface area contributed by atoms with Gasteiger partial charge in [0, 0.05) is 6.42 Å². The molecular weight excluding hydrogens is 221 g/mol. The van der Waals surface area contributed by atoms with E-state index in [2.05, 4.69) is 4.74 Å². The Morgan fingerprint density at radius 3 is 1.50 bits per heavy atom. The Kier molecular flexibility index (Phi) is 2.46. The summed E-state index contributed by atoms with van der Waals surface area (Å²) in [6.45, 7) is -0.266. The molecule has 1 unspecified atom stereocenters. The number of alkyl halides is 7. The van der Waals surface area contributed by atoms with Crippen molar-refractivity contribution >= 4 is 0 Å². The molecule has 1 heterocycles.